The van der Waals surface area contributed by atoms with Gasteiger partial charge >= 0.3 is 11.9 Å². The summed E-state index contributed by atoms with van der Waals surface area (Å²) in [5.41, 5.74) is 0.980. The zero-order chi connectivity index (χ0) is 13.1. The van der Waals surface area contributed by atoms with Crippen molar-refractivity contribution < 1.29 is 24.2 Å². The summed E-state index contributed by atoms with van der Waals surface area (Å²) in [5, 5.41) is 9.59. The molecule has 1 N–H and O–H groups in total. The highest BCUT2D eigenvalue weighted by Crippen LogP contribution is 2.29. The van der Waals surface area contributed by atoms with Gasteiger partial charge in [-0.05, 0) is 18.1 Å². The van der Waals surface area contributed by atoms with Crippen molar-refractivity contribution in [1.29, 1.82) is 0 Å². The second-order valence-electron chi connectivity index (χ2n) is 4.16. The minimum atomic E-state index is -0.538. The molecule has 0 spiro atoms. The molecule has 1 aliphatic rings. The molecule has 0 aromatic heterocycles. The molecule has 0 aliphatic carbocycles. The number of methoxy groups -OCH3 is 1. The van der Waals surface area contributed by atoms with Crippen molar-refractivity contribution >= 4 is 11.9 Å². The summed E-state index contributed by atoms with van der Waals surface area (Å²) in [6, 6.07) is 4.92. The Morgan fingerprint density at radius 1 is 1.56 bits per heavy atom. The average molecular weight is 250 g/mol. The molecule has 18 heavy (non-hydrogen) atoms. The van der Waals surface area contributed by atoms with Crippen LogP contribution in [0, 0.1) is 0 Å². The molecular weight excluding hydrogens is 236 g/mol. The fraction of sp³-hybridized carbons (Fsp3) is 0.385. The molecule has 0 saturated heterocycles. The maximum atomic E-state index is 11.7. The first-order valence-corrected chi connectivity index (χ1v) is 5.70. The van der Waals surface area contributed by atoms with E-state index in [4.69, 9.17) is 4.74 Å². The maximum absolute atomic E-state index is 11.7. The normalized spacial score (nSPS) is 17.8. The van der Waals surface area contributed by atoms with Crippen molar-refractivity contribution in [2.45, 2.75) is 25.4 Å². The highest BCUT2D eigenvalue weighted by atomic mass is 16.5. The molecule has 0 saturated carbocycles. The lowest BCUT2D eigenvalue weighted by Crippen LogP contribution is -2.28. The minimum absolute atomic E-state index is 0.0658. The van der Waals surface area contributed by atoms with E-state index in [1.807, 2.05) is 0 Å². The van der Waals surface area contributed by atoms with Crippen LogP contribution in [0.3, 0.4) is 0 Å². The molecule has 0 amide bonds. The largest absolute Gasteiger partial charge is 0.507 e. The summed E-state index contributed by atoms with van der Waals surface area (Å²) in [7, 11) is 1.32. The minimum Gasteiger partial charge on any atom is -0.507 e. The molecule has 0 unspecified atom stereocenters. The maximum Gasteiger partial charge on any atom is 0.342 e. The van der Waals surface area contributed by atoms with Gasteiger partial charge in [0.2, 0.25) is 0 Å². The number of cyclic esters (lactones) is 1. The molecule has 2 rings (SSSR count). The van der Waals surface area contributed by atoms with E-state index in [2.05, 4.69) is 4.74 Å². The number of hydrogen-bond donors (Lipinski definition) is 1. The van der Waals surface area contributed by atoms with Gasteiger partial charge in [-0.15, -0.1) is 0 Å². The van der Waals surface area contributed by atoms with Crippen LogP contribution >= 0.6 is 0 Å². The molecule has 1 heterocycles. The highest BCUT2D eigenvalue weighted by molar-refractivity contribution is 5.95. The van der Waals surface area contributed by atoms with Gasteiger partial charge in [0, 0.05) is 12.8 Å². The molecular formula is C13H14O5. The fourth-order valence-corrected chi connectivity index (χ4v) is 2.03. The number of fused-ring (bicyclic) bond motifs is 1. The van der Waals surface area contributed by atoms with Gasteiger partial charge in [-0.25, -0.2) is 4.79 Å². The van der Waals surface area contributed by atoms with Gasteiger partial charge < -0.3 is 14.6 Å². The number of phenols is 1. The number of rotatable bonds is 3. The van der Waals surface area contributed by atoms with Crippen LogP contribution in [0.5, 0.6) is 5.75 Å². The van der Waals surface area contributed by atoms with Gasteiger partial charge in [0.25, 0.3) is 0 Å². The second kappa shape index (κ2) is 5.08. The third-order valence-electron chi connectivity index (χ3n) is 2.95. The van der Waals surface area contributed by atoms with Crippen molar-refractivity contribution in [3.8, 4) is 5.75 Å². The van der Waals surface area contributed by atoms with Crippen LogP contribution in [0.25, 0.3) is 0 Å². The standard InChI is InChI=1S/C13H14O5/c1-17-11(15)6-5-9-7-8-3-2-4-10(14)12(8)13(16)18-9/h2-4,9,14H,5-7H2,1H3/t9-/m1/s1. The molecule has 5 nitrogen and oxygen atoms in total. The Balaban J connectivity index is 2.09. The van der Waals surface area contributed by atoms with E-state index in [0.717, 1.165) is 5.56 Å². The number of hydrogen-bond acceptors (Lipinski definition) is 5. The monoisotopic (exact) mass is 250 g/mol. The van der Waals surface area contributed by atoms with Crippen molar-refractivity contribution in [3.63, 3.8) is 0 Å². The Hall–Kier alpha value is -2.04. The Morgan fingerprint density at radius 3 is 3.06 bits per heavy atom. The van der Waals surface area contributed by atoms with Gasteiger partial charge in [-0.3, -0.25) is 4.79 Å². The van der Waals surface area contributed by atoms with Crippen LogP contribution in [0.1, 0.15) is 28.8 Å². The van der Waals surface area contributed by atoms with Crippen molar-refractivity contribution in [2.75, 3.05) is 7.11 Å². The van der Waals surface area contributed by atoms with Crippen molar-refractivity contribution in [3.05, 3.63) is 29.3 Å². The smallest absolute Gasteiger partial charge is 0.342 e. The van der Waals surface area contributed by atoms with E-state index in [1.165, 1.54) is 13.2 Å². The first-order valence-electron chi connectivity index (χ1n) is 5.70. The molecule has 1 aliphatic heterocycles. The number of carbonyl (C=O) groups excluding carboxylic acids is 2. The topological polar surface area (TPSA) is 72.8 Å². The van der Waals surface area contributed by atoms with E-state index in [1.54, 1.807) is 12.1 Å². The van der Waals surface area contributed by atoms with Gasteiger partial charge in [-0.1, -0.05) is 12.1 Å². The van der Waals surface area contributed by atoms with Crippen molar-refractivity contribution in [2.24, 2.45) is 0 Å². The third-order valence-corrected chi connectivity index (χ3v) is 2.95. The number of phenolic OH excluding ortho intramolecular Hbond substituents is 1. The SMILES string of the molecule is COC(=O)CC[C@@H]1Cc2cccc(O)c2C(=O)O1. The molecule has 0 radical (unpaired) electrons. The van der Waals surface area contributed by atoms with Crippen molar-refractivity contribution in [1.82, 2.24) is 0 Å². The number of esters is 2. The lowest BCUT2D eigenvalue weighted by atomic mass is 9.96. The molecule has 1 atom stereocenters. The fourth-order valence-electron chi connectivity index (χ4n) is 2.03. The predicted molar refractivity (Wildman–Crippen MR) is 62.3 cm³/mol. The molecule has 96 valence electrons. The molecule has 0 bridgehead atoms. The van der Waals surface area contributed by atoms with Gasteiger partial charge in [0.05, 0.1) is 7.11 Å². The zero-order valence-electron chi connectivity index (χ0n) is 10.0. The van der Waals surface area contributed by atoms with E-state index in [0.29, 0.717) is 12.8 Å². The summed E-state index contributed by atoms with van der Waals surface area (Å²) in [4.78, 5) is 22.8. The average Bonchev–Trinajstić information content (AvgIpc) is 2.35. The summed E-state index contributed by atoms with van der Waals surface area (Å²) in [6.07, 6.45) is 0.800. The molecule has 0 fully saturated rings. The number of aromatic hydroxyl groups is 1. The number of ether oxygens (including phenoxy) is 2. The summed E-state index contributed by atoms with van der Waals surface area (Å²) in [6.45, 7) is 0. The second-order valence-corrected chi connectivity index (χ2v) is 4.16. The van der Waals surface area contributed by atoms with E-state index in [-0.39, 0.29) is 29.8 Å². The number of benzene rings is 1. The molecule has 1 aromatic rings. The van der Waals surface area contributed by atoms with Gasteiger partial charge in [0.15, 0.2) is 0 Å². The third kappa shape index (κ3) is 2.45. The first-order chi connectivity index (χ1) is 8.61. The van der Waals surface area contributed by atoms with Crippen LogP contribution in [0.4, 0.5) is 0 Å². The lowest BCUT2D eigenvalue weighted by molar-refractivity contribution is -0.141. The Kier molecular flexibility index (Phi) is 3.50. The molecule has 1 aromatic carbocycles. The van der Waals surface area contributed by atoms with Crippen LogP contribution in [-0.4, -0.2) is 30.3 Å². The van der Waals surface area contributed by atoms with E-state index in [9.17, 15) is 14.7 Å². The Labute approximate surface area is 104 Å². The van der Waals surface area contributed by atoms with Crippen LogP contribution in [0.2, 0.25) is 0 Å². The Morgan fingerprint density at radius 2 is 2.33 bits per heavy atom. The summed E-state index contributed by atoms with van der Waals surface area (Å²) < 4.78 is 9.72. The zero-order valence-corrected chi connectivity index (χ0v) is 10.0. The number of carbonyl (C=O) groups is 2. The quantitative estimate of drug-likeness (QED) is 0.821. The summed E-state index contributed by atoms with van der Waals surface area (Å²) >= 11 is 0. The van der Waals surface area contributed by atoms with Crippen LogP contribution < -0.4 is 0 Å². The first kappa shape index (κ1) is 12.4. The highest BCUT2D eigenvalue weighted by Gasteiger charge is 2.28. The van der Waals surface area contributed by atoms with Gasteiger partial charge in [-0.2, -0.15) is 0 Å². The van der Waals surface area contributed by atoms with Crippen LogP contribution in [0.15, 0.2) is 18.2 Å². The van der Waals surface area contributed by atoms with E-state index >= 15 is 0 Å². The van der Waals surface area contributed by atoms with Crippen LogP contribution in [-0.2, 0) is 20.7 Å². The predicted octanol–water partition coefficient (Wildman–Crippen LogP) is 1.43. The Bertz CT molecular complexity index is 480. The van der Waals surface area contributed by atoms with Gasteiger partial charge in [0.1, 0.15) is 17.4 Å². The lowest BCUT2D eigenvalue weighted by Gasteiger charge is -2.24. The summed E-state index contributed by atoms with van der Waals surface area (Å²) in [5.74, 6) is -0.930. The molecule has 5 heteroatoms. The van der Waals surface area contributed by atoms with E-state index < -0.39 is 5.97 Å².